The molecule has 0 saturated carbocycles. The molecular weight excluding hydrogens is 238 g/mol. The van der Waals surface area contributed by atoms with Crippen molar-refractivity contribution in [2.24, 2.45) is 0 Å². The Morgan fingerprint density at radius 3 is 3.00 bits per heavy atom. The summed E-state index contributed by atoms with van der Waals surface area (Å²) in [4.78, 5) is 2.55. The first-order valence-corrected chi connectivity index (χ1v) is 6.95. The number of hydrogen-bond donors (Lipinski definition) is 1. The van der Waals surface area contributed by atoms with Crippen molar-refractivity contribution < 1.29 is 4.74 Å². The van der Waals surface area contributed by atoms with Gasteiger partial charge in [-0.15, -0.1) is 0 Å². The Morgan fingerprint density at radius 2 is 2.21 bits per heavy atom. The highest BCUT2D eigenvalue weighted by molar-refractivity contribution is 5.47. The Labute approximate surface area is 114 Å². The summed E-state index contributed by atoms with van der Waals surface area (Å²) in [6, 6.07) is 10.3. The third-order valence-electron chi connectivity index (χ3n) is 4.01. The lowest BCUT2D eigenvalue weighted by atomic mass is 10.2. The summed E-state index contributed by atoms with van der Waals surface area (Å²) < 4.78 is 5.90. The molecule has 1 aromatic rings. The van der Waals surface area contributed by atoms with Crippen LogP contribution in [0, 0.1) is 11.3 Å². The van der Waals surface area contributed by atoms with E-state index in [1.807, 2.05) is 24.3 Å². The van der Waals surface area contributed by atoms with E-state index in [1.54, 1.807) is 0 Å². The molecule has 2 fully saturated rings. The van der Waals surface area contributed by atoms with Gasteiger partial charge in [0.15, 0.2) is 0 Å². The van der Waals surface area contributed by atoms with E-state index >= 15 is 0 Å². The molecule has 0 radical (unpaired) electrons. The fourth-order valence-corrected chi connectivity index (χ4v) is 2.90. The molecule has 1 aromatic carbocycles. The average molecular weight is 257 g/mol. The van der Waals surface area contributed by atoms with Crippen LogP contribution >= 0.6 is 0 Å². The van der Waals surface area contributed by atoms with E-state index in [1.165, 1.54) is 19.4 Å². The first-order valence-electron chi connectivity index (χ1n) is 6.95. The number of fused-ring (bicyclic) bond motifs is 1. The van der Waals surface area contributed by atoms with Crippen molar-refractivity contribution in [3.8, 4) is 6.07 Å². The van der Waals surface area contributed by atoms with Gasteiger partial charge in [-0.1, -0.05) is 0 Å². The van der Waals surface area contributed by atoms with E-state index in [4.69, 9.17) is 10.00 Å². The van der Waals surface area contributed by atoms with Crippen LogP contribution in [0.4, 0.5) is 5.69 Å². The summed E-state index contributed by atoms with van der Waals surface area (Å²) in [7, 11) is 0. The van der Waals surface area contributed by atoms with Crippen LogP contribution in [0.2, 0.25) is 0 Å². The van der Waals surface area contributed by atoms with E-state index in [0.29, 0.717) is 11.6 Å². The van der Waals surface area contributed by atoms with Gasteiger partial charge in [0.05, 0.1) is 24.3 Å². The second-order valence-electron chi connectivity index (χ2n) is 5.32. The number of rotatable bonds is 3. The van der Waals surface area contributed by atoms with E-state index < -0.39 is 0 Å². The Kier molecular flexibility index (Phi) is 3.67. The largest absolute Gasteiger partial charge is 0.382 e. The normalized spacial score (nSPS) is 26.7. The maximum Gasteiger partial charge on any atom is 0.0991 e. The van der Waals surface area contributed by atoms with Crippen LogP contribution < -0.4 is 5.32 Å². The van der Waals surface area contributed by atoms with Crippen molar-refractivity contribution in [1.29, 1.82) is 5.26 Å². The van der Waals surface area contributed by atoms with Crippen LogP contribution in [-0.4, -0.2) is 43.3 Å². The van der Waals surface area contributed by atoms with E-state index in [2.05, 4.69) is 16.3 Å². The fourth-order valence-electron chi connectivity index (χ4n) is 2.90. The summed E-state index contributed by atoms with van der Waals surface area (Å²) in [5.74, 6) is 0. The minimum atomic E-state index is 0.269. The molecule has 2 unspecified atom stereocenters. The zero-order valence-corrected chi connectivity index (χ0v) is 11.0. The predicted octanol–water partition coefficient (Wildman–Crippen LogP) is 1.83. The van der Waals surface area contributed by atoms with Crippen molar-refractivity contribution >= 4 is 5.69 Å². The summed E-state index contributed by atoms with van der Waals surface area (Å²) in [5.41, 5.74) is 1.74. The second kappa shape index (κ2) is 5.60. The summed E-state index contributed by atoms with van der Waals surface area (Å²) in [5, 5.41) is 12.1. The van der Waals surface area contributed by atoms with Crippen LogP contribution in [0.25, 0.3) is 0 Å². The Hall–Kier alpha value is -1.57. The molecule has 4 heteroatoms. The first-order chi connectivity index (χ1) is 9.35. The van der Waals surface area contributed by atoms with Crippen molar-refractivity contribution in [1.82, 2.24) is 4.90 Å². The number of ether oxygens (including phenoxy) is 1. The van der Waals surface area contributed by atoms with Crippen LogP contribution in [0.15, 0.2) is 24.3 Å². The molecular formula is C15H19N3O. The van der Waals surface area contributed by atoms with Gasteiger partial charge in [-0.05, 0) is 43.7 Å². The highest BCUT2D eigenvalue weighted by atomic mass is 16.5. The van der Waals surface area contributed by atoms with Crippen LogP contribution in [0.3, 0.4) is 0 Å². The van der Waals surface area contributed by atoms with Gasteiger partial charge in [0.25, 0.3) is 0 Å². The molecule has 19 heavy (non-hydrogen) atoms. The molecule has 100 valence electrons. The SMILES string of the molecule is N#Cc1ccc(NCC2CN3CCCC3CO2)cc1. The van der Waals surface area contributed by atoms with Crippen LogP contribution in [-0.2, 0) is 4.74 Å². The number of hydrogen-bond acceptors (Lipinski definition) is 4. The zero-order valence-electron chi connectivity index (χ0n) is 11.0. The molecule has 2 aliphatic heterocycles. The highest BCUT2D eigenvalue weighted by Gasteiger charge is 2.31. The van der Waals surface area contributed by atoms with Gasteiger partial charge in [0.1, 0.15) is 0 Å². The highest BCUT2D eigenvalue weighted by Crippen LogP contribution is 2.22. The topological polar surface area (TPSA) is 48.3 Å². The molecule has 2 atom stereocenters. The van der Waals surface area contributed by atoms with E-state index in [9.17, 15) is 0 Å². The zero-order chi connectivity index (χ0) is 13.1. The lowest BCUT2D eigenvalue weighted by Crippen LogP contribution is -2.48. The number of anilines is 1. The Bertz CT molecular complexity index is 465. The molecule has 0 bridgehead atoms. The minimum Gasteiger partial charge on any atom is -0.382 e. The van der Waals surface area contributed by atoms with Crippen molar-refractivity contribution in [2.45, 2.75) is 25.0 Å². The summed E-state index contributed by atoms with van der Waals surface area (Å²) >= 11 is 0. The number of nitrogens with one attached hydrogen (secondary N) is 1. The summed E-state index contributed by atoms with van der Waals surface area (Å²) in [6.45, 7) is 3.96. The number of nitrogens with zero attached hydrogens (tertiary/aromatic N) is 2. The number of morpholine rings is 1. The molecule has 2 heterocycles. The molecule has 0 amide bonds. The Morgan fingerprint density at radius 1 is 1.37 bits per heavy atom. The lowest BCUT2D eigenvalue weighted by Gasteiger charge is -2.35. The van der Waals surface area contributed by atoms with Gasteiger partial charge in [-0.2, -0.15) is 5.26 Å². The molecule has 2 aliphatic rings. The molecule has 1 N–H and O–H groups in total. The maximum absolute atomic E-state index is 8.75. The molecule has 2 saturated heterocycles. The fraction of sp³-hybridized carbons (Fsp3) is 0.533. The average Bonchev–Trinajstić information content (AvgIpc) is 2.93. The smallest absolute Gasteiger partial charge is 0.0991 e. The summed E-state index contributed by atoms with van der Waals surface area (Å²) in [6.07, 6.45) is 2.87. The van der Waals surface area contributed by atoms with Gasteiger partial charge in [-0.25, -0.2) is 0 Å². The van der Waals surface area contributed by atoms with E-state index in [-0.39, 0.29) is 6.10 Å². The van der Waals surface area contributed by atoms with Gasteiger partial charge in [0.2, 0.25) is 0 Å². The van der Waals surface area contributed by atoms with Crippen LogP contribution in [0.5, 0.6) is 0 Å². The monoisotopic (exact) mass is 257 g/mol. The number of benzene rings is 1. The second-order valence-corrected chi connectivity index (χ2v) is 5.32. The lowest BCUT2D eigenvalue weighted by molar-refractivity contribution is -0.0415. The molecule has 4 nitrogen and oxygen atoms in total. The van der Waals surface area contributed by atoms with Gasteiger partial charge < -0.3 is 10.1 Å². The van der Waals surface area contributed by atoms with Crippen molar-refractivity contribution in [2.75, 3.05) is 31.6 Å². The third kappa shape index (κ3) is 2.89. The first kappa shape index (κ1) is 12.5. The van der Waals surface area contributed by atoms with Crippen molar-refractivity contribution in [3.05, 3.63) is 29.8 Å². The quantitative estimate of drug-likeness (QED) is 0.897. The third-order valence-corrected chi connectivity index (χ3v) is 4.01. The minimum absolute atomic E-state index is 0.269. The van der Waals surface area contributed by atoms with Crippen molar-refractivity contribution in [3.63, 3.8) is 0 Å². The number of nitriles is 1. The molecule has 0 aromatic heterocycles. The molecule has 3 rings (SSSR count). The van der Waals surface area contributed by atoms with E-state index in [0.717, 1.165) is 25.4 Å². The van der Waals surface area contributed by atoms with Gasteiger partial charge in [-0.3, -0.25) is 4.90 Å². The standard InChI is InChI=1S/C15H19N3O/c16-8-12-3-5-13(6-4-12)17-9-15-10-18-7-1-2-14(18)11-19-15/h3-6,14-15,17H,1-2,7,9-11H2. The van der Waals surface area contributed by atoms with Crippen LogP contribution in [0.1, 0.15) is 18.4 Å². The maximum atomic E-state index is 8.75. The molecule has 0 aliphatic carbocycles. The Balaban J connectivity index is 1.50. The van der Waals surface area contributed by atoms with Gasteiger partial charge in [0, 0.05) is 24.8 Å². The van der Waals surface area contributed by atoms with Gasteiger partial charge >= 0.3 is 0 Å². The predicted molar refractivity (Wildman–Crippen MR) is 74.0 cm³/mol. The molecule has 0 spiro atoms.